The van der Waals surface area contributed by atoms with Gasteiger partial charge in [-0.1, -0.05) is 15.9 Å². The Balaban J connectivity index is 1.84. The maximum Gasteiger partial charge on any atom is 0.264 e. The van der Waals surface area contributed by atoms with Gasteiger partial charge in [-0.2, -0.15) is 0 Å². The molecule has 7 heteroatoms. The summed E-state index contributed by atoms with van der Waals surface area (Å²) in [6, 6.07) is 13.0. The van der Waals surface area contributed by atoms with Gasteiger partial charge in [0.15, 0.2) is 5.17 Å². The molecule has 0 radical (unpaired) electrons. The zero-order valence-corrected chi connectivity index (χ0v) is 16.7. The molecule has 26 heavy (non-hydrogen) atoms. The highest BCUT2D eigenvalue weighted by Gasteiger charge is 2.24. The zero-order chi connectivity index (χ0) is 18.5. The molecule has 134 valence electrons. The molecule has 3 rings (SSSR count). The number of nitrogens with zero attached hydrogens (tertiary/aromatic N) is 1. The maximum atomic E-state index is 12.3. The summed E-state index contributed by atoms with van der Waals surface area (Å²) < 4.78 is 11.7. The van der Waals surface area contributed by atoms with Crippen LogP contribution in [0.2, 0.25) is 0 Å². The van der Waals surface area contributed by atoms with Crippen molar-refractivity contribution in [1.82, 2.24) is 5.32 Å². The van der Waals surface area contributed by atoms with Gasteiger partial charge in [0.1, 0.15) is 11.5 Å². The molecule has 1 amide bonds. The monoisotopic (exact) mass is 432 g/mol. The van der Waals surface area contributed by atoms with Crippen molar-refractivity contribution in [2.75, 3.05) is 13.7 Å². The van der Waals surface area contributed by atoms with E-state index in [1.165, 1.54) is 11.8 Å². The van der Waals surface area contributed by atoms with E-state index in [1.807, 2.05) is 55.5 Å². The van der Waals surface area contributed by atoms with E-state index in [2.05, 4.69) is 26.2 Å². The average Bonchev–Trinajstić information content (AvgIpc) is 2.97. The number of halogens is 1. The van der Waals surface area contributed by atoms with Crippen LogP contribution in [0.15, 0.2) is 56.8 Å². The number of hydrogen-bond donors (Lipinski definition) is 1. The standard InChI is InChI=1S/C19H17BrN2O3S/c1-3-25-16-9-4-13(20)10-12(16)11-17-18(23)22-19(26-17)21-14-5-7-15(24-2)8-6-14/h4-11H,3H2,1-2H3,(H,21,22,23)/b17-11-. The second kappa shape index (κ2) is 8.42. The van der Waals surface area contributed by atoms with Crippen LogP contribution in [0.25, 0.3) is 6.08 Å². The van der Waals surface area contributed by atoms with Crippen LogP contribution >= 0.6 is 27.7 Å². The first kappa shape index (κ1) is 18.5. The first-order valence-corrected chi connectivity index (χ1v) is 9.56. The van der Waals surface area contributed by atoms with Crippen molar-refractivity contribution >= 4 is 50.5 Å². The van der Waals surface area contributed by atoms with Gasteiger partial charge in [-0.25, -0.2) is 4.99 Å². The molecular formula is C19H17BrN2O3S. The SMILES string of the molecule is CCOc1ccc(Br)cc1/C=C1\SC(=Nc2ccc(OC)cc2)NC1=O. The molecule has 1 heterocycles. The third kappa shape index (κ3) is 4.47. The van der Waals surface area contributed by atoms with Crippen molar-refractivity contribution < 1.29 is 14.3 Å². The van der Waals surface area contributed by atoms with Gasteiger partial charge in [0.25, 0.3) is 5.91 Å². The van der Waals surface area contributed by atoms with Crippen LogP contribution in [0.5, 0.6) is 11.5 Å². The molecule has 5 nitrogen and oxygen atoms in total. The third-order valence-electron chi connectivity index (χ3n) is 3.51. The summed E-state index contributed by atoms with van der Waals surface area (Å²) >= 11 is 4.75. The topological polar surface area (TPSA) is 59.9 Å². The van der Waals surface area contributed by atoms with E-state index in [0.717, 1.165) is 27.2 Å². The Morgan fingerprint density at radius 2 is 2.00 bits per heavy atom. The zero-order valence-electron chi connectivity index (χ0n) is 14.3. The van der Waals surface area contributed by atoms with E-state index in [4.69, 9.17) is 9.47 Å². The van der Waals surface area contributed by atoms with Gasteiger partial charge in [0, 0.05) is 10.0 Å². The molecule has 0 aliphatic carbocycles. The summed E-state index contributed by atoms with van der Waals surface area (Å²) in [5.41, 5.74) is 1.58. The lowest BCUT2D eigenvalue weighted by molar-refractivity contribution is -0.115. The number of aliphatic imine (C=N–C) groups is 1. The molecule has 2 aromatic rings. The molecule has 0 bridgehead atoms. The molecule has 2 aromatic carbocycles. The molecule has 1 fully saturated rings. The van der Waals surface area contributed by atoms with Crippen LogP contribution in [-0.2, 0) is 4.79 Å². The Morgan fingerprint density at radius 3 is 2.69 bits per heavy atom. The van der Waals surface area contributed by atoms with E-state index in [1.54, 1.807) is 7.11 Å². The van der Waals surface area contributed by atoms with Crippen molar-refractivity contribution in [2.45, 2.75) is 6.92 Å². The molecule has 1 aliphatic heterocycles. The number of carbonyl (C=O) groups excluding carboxylic acids is 1. The van der Waals surface area contributed by atoms with Gasteiger partial charge in [-0.15, -0.1) is 0 Å². The summed E-state index contributed by atoms with van der Waals surface area (Å²) in [6.45, 7) is 2.48. The quantitative estimate of drug-likeness (QED) is 0.692. The Kier molecular flexibility index (Phi) is 6.00. The predicted molar refractivity (Wildman–Crippen MR) is 109 cm³/mol. The number of ether oxygens (including phenoxy) is 2. The number of rotatable bonds is 5. The molecule has 0 unspecified atom stereocenters. The van der Waals surface area contributed by atoms with E-state index in [0.29, 0.717) is 16.7 Å². The summed E-state index contributed by atoms with van der Waals surface area (Å²) in [5.74, 6) is 1.32. The van der Waals surface area contributed by atoms with Crippen molar-refractivity contribution in [2.24, 2.45) is 4.99 Å². The van der Waals surface area contributed by atoms with Crippen molar-refractivity contribution in [3.05, 3.63) is 57.4 Å². The Morgan fingerprint density at radius 1 is 1.23 bits per heavy atom. The smallest absolute Gasteiger partial charge is 0.264 e. The number of amidine groups is 1. The lowest BCUT2D eigenvalue weighted by atomic mass is 10.2. The molecule has 0 saturated carbocycles. The molecule has 1 saturated heterocycles. The van der Waals surface area contributed by atoms with E-state index >= 15 is 0 Å². The number of nitrogens with one attached hydrogen (secondary N) is 1. The minimum Gasteiger partial charge on any atom is -0.497 e. The number of thioether (sulfide) groups is 1. The van der Waals surface area contributed by atoms with Crippen LogP contribution in [0.1, 0.15) is 12.5 Å². The van der Waals surface area contributed by atoms with Gasteiger partial charge in [0.2, 0.25) is 0 Å². The summed E-state index contributed by atoms with van der Waals surface area (Å²) in [4.78, 5) is 17.3. The van der Waals surface area contributed by atoms with E-state index in [-0.39, 0.29) is 5.91 Å². The van der Waals surface area contributed by atoms with Crippen molar-refractivity contribution in [1.29, 1.82) is 0 Å². The van der Waals surface area contributed by atoms with Crippen molar-refractivity contribution in [3.63, 3.8) is 0 Å². The third-order valence-corrected chi connectivity index (χ3v) is 4.92. The molecule has 0 spiro atoms. The number of methoxy groups -OCH3 is 1. The van der Waals surface area contributed by atoms with E-state index in [9.17, 15) is 4.79 Å². The average molecular weight is 433 g/mol. The Hall–Kier alpha value is -2.25. The molecule has 0 aromatic heterocycles. The summed E-state index contributed by atoms with van der Waals surface area (Å²) in [6.07, 6.45) is 1.81. The van der Waals surface area contributed by atoms with Crippen LogP contribution in [0.3, 0.4) is 0 Å². The Bertz CT molecular complexity index is 879. The fourth-order valence-corrected chi connectivity index (χ4v) is 3.53. The second-order valence-electron chi connectivity index (χ2n) is 5.29. The van der Waals surface area contributed by atoms with Gasteiger partial charge in [0.05, 0.1) is 24.3 Å². The van der Waals surface area contributed by atoms with Crippen LogP contribution in [-0.4, -0.2) is 24.8 Å². The minimum absolute atomic E-state index is 0.176. The molecule has 1 N–H and O–H groups in total. The fraction of sp³-hybridized carbons (Fsp3) is 0.158. The summed E-state index contributed by atoms with van der Waals surface area (Å²) in [7, 11) is 1.61. The highest BCUT2D eigenvalue weighted by atomic mass is 79.9. The van der Waals surface area contributed by atoms with Crippen molar-refractivity contribution in [3.8, 4) is 11.5 Å². The number of hydrogen-bond acceptors (Lipinski definition) is 5. The van der Waals surface area contributed by atoms with Gasteiger partial charge in [-0.05, 0) is 67.2 Å². The normalized spacial score (nSPS) is 16.8. The fourth-order valence-electron chi connectivity index (χ4n) is 2.31. The van der Waals surface area contributed by atoms with Gasteiger partial charge >= 0.3 is 0 Å². The first-order chi connectivity index (χ1) is 12.6. The summed E-state index contributed by atoms with van der Waals surface area (Å²) in [5, 5.41) is 3.33. The molecular weight excluding hydrogens is 416 g/mol. The van der Waals surface area contributed by atoms with E-state index < -0.39 is 0 Å². The predicted octanol–water partition coefficient (Wildman–Crippen LogP) is 4.75. The lowest BCUT2D eigenvalue weighted by Gasteiger charge is -2.07. The number of benzene rings is 2. The highest BCUT2D eigenvalue weighted by molar-refractivity contribution is 9.10. The minimum atomic E-state index is -0.176. The number of amides is 1. The van der Waals surface area contributed by atoms with Gasteiger partial charge < -0.3 is 14.8 Å². The first-order valence-electron chi connectivity index (χ1n) is 7.95. The van der Waals surface area contributed by atoms with Crippen LogP contribution in [0.4, 0.5) is 5.69 Å². The highest BCUT2D eigenvalue weighted by Crippen LogP contribution is 2.32. The largest absolute Gasteiger partial charge is 0.497 e. The Labute approximate surface area is 164 Å². The molecule has 0 atom stereocenters. The molecule has 1 aliphatic rings. The second-order valence-corrected chi connectivity index (χ2v) is 7.24. The van der Waals surface area contributed by atoms with Gasteiger partial charge in [-0.3, -0.25) is 4.79 Å². The lowest BCUT2D eigenvalue weighted by Crippen LogP contribution is -2.19. The van der Waals surface area contributed by atoms with Crippen LogP contribution in [0, 0.1) is 0 Å². The maximum absolute atomic E-state index is 12.3. The van der Waals surface area contributed by atoms with Crippen LogP contribution < -0.4 is 14.8 Å². The number of carbonyl (C=O) groups is 1.